The largest absolute Gasteiger partial charge is 0.487 e. The molecule has 2 aromatic heterocycles. The van der Waals surface area contributed by atoms with Crippen molar-refractivity contribution in [2.24, 2.45) is 0 Å². The molecule has 158 valence electrons. The van der Waals surface area contributed by atoms with Gasteiger partial charge in [0.05, 0.1) is 0 Å². The lowest BCUT2D eigenvalue weighted by atomic mass is 10.00. The van der Waals surface area contributed by atoms with Crippen LogP contribution in [0.5, 0.6) is 5.75 Å². The Hall–Kier alpha value is -3.84. The molecule has 0 unspecified atom stereocenters. The van der Waals surface area contributed by atoms with E-state index in [1.165, 1.54) is 12.1 Å². The maximum absolute atomic E-state index is 12.8. The SMILES string of the molecule is FC(F)(Cl)Oc1ccc(Nc2nnc(-c3cccc4cnccc34)c3ccccc23)cc1. The molecule has 5 nitrogen and oxygen atoms in total. The second-order valence-electron chi connectivity index (χ2n) is 7.04. The van der Waals surface area contributed by atoms with Gasteiger partial charge in [-0.25, -0.2) is 0 Å². The molecule has 1 N–H and O–H groups in total. The smallest absolute Gasteiger partial charge is 0.420 e. The first-order valence-electron chi connectivity index (χ1n) is 9.69. The zero-order valence-electron chi connectivity index (χ0n) is 16.5. The first-order chi connectivity index (χ1) is 15.5. The van der Waals surface area contributed by atoms with E-state index in [9.17, 15) is 8.78 Å². The van der Waals surface area contributed by atoms with Gasteiger partial charge in [0.25, 0.3) is 0 Å². The number of fused-ring (bicyclic) bond motifs is 2. The lowest BCUT2D eigenvalue weighted by Gasteiger charge is -2.13. The van der Waals surface area contributed by atoms with Gasteiger partial charge in [-0.3, -0.25) is 4.98 Å². The molecule has 5 aromatic rings. The van der Waals surface area contributed by atoms with Crippen molar-refractivity contribution < 1.29 is 13.5 Å². The number of alkyl halides is 3. The van der Waals surface area contributed by atoms with Gasteiger partial charge in [0.1, 0.15) is 11.4 Å². The number of benzene rings is 3. The van der Waals surface area contributed by atoms with Crippen molar-refractivity contribution in [1.82, 2.24) is 15.2 Å². The van der Waals surface area contributed by atoms with Gasteiger partial charge in [0.2, 0.25) is 0 Å². The standard InChI is InChI=1S/C24H15ClF2N4O/c25-24(26,27)32-17-10-8-16(9-11-17)29-23-21-6-2-1-5-20(21)22(30-31-23)19-7-3-4-15-14-28-13-12-18(15)19/h1-14H,(H,29,31). The number of hydrogen-bond donors (Lipinski definition) is 1. The van der Waals surface area contributed by atoms with Crippen molar-refractivity contribution in [1.29, 1.82) is 0 Å². The third kappa shape index (κ3) is 4.02. The summed E-state index contributed by atoms with van der Waals surface area (Å²) in [6.07, 6.45) is 3.57. The quantitative estimate of drug-likeness (QED) is 0.301. The molecule has 2 heterocycles. The highest BCUT2D eigenvalue weighted by atomic mass is 35.5. The normalized spacial score (nSPS) is 11.6. The van der Waals surface area contributed by atoms with Gasteiger partial charge in [-0.15, -0.1) is 19.0 Å². The van der Waals surface area contributed by atoms with Gasteiger partial charge in [-0.2, -0.15) is 0 Å². The molecule has 3 aromatic carbocycles. The number of aromatic nitrogens is 3. The van der Waals surface area contributed by atoms with Gasteiger partial charge in [-0.1, -0.05) is 42.5 Å². The van der Waals surface area contributed by atoms with Gasteiger partial charge >= 0.3 is 5.57 Å². The Labute approximate surface area is 186 Å². The van der Waals surface area contributed by atoms with E-state index < -0.39 is 5.57 Å². The summed E-state index contributed by atoms with van der Waals surface area (Å²) in [5.41, 5.74) is -1.40. The Morgan fingerprint density at radius 3 is 2.38 bits per heavy atom. The van der Waals surface area contributed by atoms with Gasteiger partial charge in [-0.05, 0) is 35.7 Å². The first kappa shape index (κ1) is 20.1. The third-order valence-electron chi connectivity index (χ3n) is 4.97. The highest BCUT2D eigenvalue weighted by molar-refractivity contribution is 6.20. The van der Waals surface area contributed by atoms with Crippen LogP contribution in [0, 0.1) is 0 Å². The number of ether oxygens (including phenoxy) is 1. The molecule has 0 aliphatic rings. The molecular formula is C24H15ClF2N4O. The molecule has 0 fully saturated rings. The van der Waals surface area contributed by atoms with E-state index in [0.717, 1.165) is 32.8 Å². The number of nitrogens with zero attached hydrogens (tertiary/aromatic N) is 3. The first-order valence-corrected chi connectivity index (χ1v) is 10.1. The van der Waals surface area contributed by atoms with Crippen LogP contribution in [0.4, 0.5) is 20.3 Å². The summed E-state index contributed by atoms with van der Waals surface area (Å²) in [6.45, 7) is 0. The molecular weight excluding hydrogens is 434 g/mol. The summed E-state index contributed by atoms with van der Waals surface area (Å²) in [4.78, 5) is 4.19. The molecule has 0 saturated heterocycles. The highest BCUT2D eigenvalue weighted by Crippen LogP contribution is 2.34. The van der Waals surface area contributed by atoms with Crippen molar-refractivity contribution in [3.05, 3.63) is 85.2 Å². The fraction of sp³-hybridized carbons (Fsp3) is 0.0417. The molecule has 0 spiro atoms. The molecule has 0 aliphatic carbocycles. The average Bonchev–Trinajstić information content (AvgIpc) is 2.79. The van der Waals surface area contributed by atoms with Crippen LogP contribution in [0.3, 0.4) is 0 Å². The second kappa shape index (κ2) is 8.01. The Morgan fingerprint density at radius 1 is 0.812 bits per heavy atom. The zero-order valence-corrected chi connectivity index (χ0v) is 17.2. The van der Waals surface area contributed by atoms with E-state index in [-0.39, 0.29) is 5.75 Å². The predicted octanol–water partition coefficient (Wildman–Crippen LogP) is 6.76. The minimum absolute atomic E-state index is 0.0488. The molecule has 0 amide bonds. The van der Waals surface area contributed by atoms with Crippen molar-refractivity contribution in [3.63, 3.8) is 0 Å². The summed E-state index contributed by atoms with van der Waals surface area (Å²) in [5.74, 6) is 0.495. The maximum Gasteiger partial charge on any atom is 0.487 e. The van der Waals surface area contributed by atoms with E-state index in [4.69, 9.17) is 11.6 Å². The van der Waals surface area contributed by atoms with Crippen LogP contribution in [-0.4, -0.2) is 20.7 Å². The monoisotopic (exact) mass is 448 g/mol. The number of pyridine rings is 1. The maximum atomic E-state index is 12.8. The summed E-state index contributed by atoms with van der Waals surface area (Å²) in [7, 11) is 0. The second-order valence-corrected chi connectivity index (χ2v) is 7.48. The van der Waals surface area contributed by atoms with Crippen molar-refractivity contribution in [3.8, 4) is 17.0 Å². The lowest BCUT2D eigenvalue weighted by molar-refractivity contribution is -0.0964. The van der Waals surface area contributed by atoms with Crippen LogP contribution in [0.2, 0.25) is 0 Å². The predicted molar refractivity (Wildman–Crippen MR) is 121 cm³/mol. The fourth-order valence-corrected chi connectivity index (χ4v) is 3.69. The minimum Gasteiger partial charge on any atom is -0.420 e. The van der Waals surface area contributed by atoms with Gasteiger partial charge in [0, 0.05) is 51.4 Å². The van der Waals surface area contributed by atoms with Gasteiger partial charge < -0.3 is 10.1 Å². The number of nitrogens with one attached hydrogen (secondary N) is 1. The number of halogens is 3. The molecule has 0 radical (unpaired) electrons. The van der Waals surface area contributed by atoms with E-state index in [1.807, 2.05) is 54.7 Å². The van der Waals surface area contributed by atoms with Crippen molar-refractivity contribution in [2.45, 2.75) is 5.57 Å². The molecule has 8 heteroatoms. The fourth-order valence-electron chi connectivity index (χ4n) is 3.60. The number of rotatable bonds is 5. The highest BCUT2D eigenvalue weighted by Gasteiger charge is 2.27. The van der Waals surface area contributed by atoms with Crippen LogP contribution < -0.4 is 10.1 Å². The number of anilines is 2. The molecule has 32 heavy (non-hydrogen) atoms. The van der Waals surface area contributed by atoms with E-state index in [0.29, 0.717) is 11.5 Å². The van der Waals surface area contributed by atoms with Crippen LogP contribution in [0.1, 0.15) is 0 Å². The summed E-state index contributed by atoms with van der Waals surface area (Å²) >= 11 is 4.81. The Bertz CT molecular complexity index is 1420. The minimum atomic E-state index is -3.76. The Balaban J connectivity index is 1.54. The molecule has 5 rings (SSSR count). The topological polar surface area (TPSA) is 59.9 Å². The number of hydrogen-bond acceptors (Lipinski definition) is 5. The van der Waals surface area contributed by atoms with Crippen LogP contribution in [0.15, 0.2) is 85.2 Å². The Kier molecular flexibility index (Phi) is 5.03. The zero-order chi connectivity index (χ0) is 22.1. The van der Waals surface area contributed by atoms with Crippen LogP contribution >= 0.6 is 11.6 Å². The van der Waals surface area contributed by atoms with Crippen LogP contribution in [-0.2, 0) is 0 Å². The lowest BCUT2D eigenvalue weighted by Crippen LogP contribution is -2.15. The Morgan fingerprint density at radius 2 is 1.59 bits per heavy atom. The summed E-state index contributed by atoms with van der Waals surface area (Å²) < 4.78 is 30.0. The summed E-state index contributed by atoms with van der Waals surface area (Å²) in [6, 6.07) is 21.7. The molecule has 0 bridgehead atoms. The summed E-state index contributed by atoms with van der Waals surface area (Å²) in [5, 5.41) is 16.0. The van der Waals surface area contributed by atoms with Crippen molar-refractivity contribution in [2.75, 3.05) is 5.32 Å². The van der Waals surface area contributed by atoms with Gasteiger partial charge in [0.15, 0.2) is 5.82 Å². The van der Waals surface area contributed by atoms with Crippen molar-refractivity contribution >= 4 is 44.7 Å². The van der Waals surface area contributed by atoms with E-state index >= 15 is 0 Å². The molecule has 0 saturated carbocycles. The molecule has 0 aliphatic heterocycles. The van der Waals surface area contributed by atoms with Crippen LogP contribution in [0.25, 0.3) is 32.8 Å². The molecule has 0 atom stereocenters. The third-order valence-corrected chi connectivity index (χ3v) is 5.05. The van der Waals surface area contributed by atoms with E-state index in [2.05, 4.69) is 25.2 Å². The average molecular weight is 449 g/mol. The van der Waals surface area contributed by atoms with E-state index in [1.54, 1.807) is 18.3 Å².